The highest BCUT2D eigenvalue weighted by Crippen LogP contribution is 2.52. The van der Waals surface area contributed by atoms with Crippen molar-refractivity contribution >= 4 is 28.1 Å². The van der Waals surface area contributed by atoms with E-state index in [2.05, 4.69) is 27.7 Å². The summed E-state index contributed by atoms with van der Waals surface area (Å²) in [7, 11) is 0. The van der Waals surface area contributed by atoms with Gasteiger partial charge < -0.3 is 5.32 Å². The molecule has 1 amide bonds. The number of hydrogen-bond donors (Lipinski definition) is 1. The Morgan fingerprint density at radius 1 is 1.32 bits per heavy atom. The van der Waals surface area contributed by atoms with Crippen molar-refractivity contribution in [2.75, 3.05) is 5.32 Å². The zero-order chi connectivity index (χ0) is 17.6. The van der Waals surface area contributed by atoms with Crippen molar-refractivity contribution in [1.29, 1.82) is 0 Å². The Labute approximate surface area is 147 Å². The van der Waals surface area contributed by atoms with Crippen LogP contribution in [-0.4, -0.2) is 21.0 Å². The zero-order valence-corrected chi connectivity index (χ0v) is 14.3. The SMILES string of the molecule is C[C@]1(C(=O)Nc2nnc(-c3ccc([N+](=O)[O-])cc3)s2)C[C@H]2C=C[C@H]1C2. The Kier molecular flexibility index (Phi) is 3.64. The van der Waals surface area contributed by atoms with Gasteiger partial charge in [-0.15, -0.1) is 10.2 Å². The minimum atomic E-state index is -0.444. The quantitative estimate of drug-likeness (QED) is 0.512. The van der Waals surface area contributed by atoms with Gasteiger partial charge in [0.25, 0.3) is 5.69 Å². The van der Waals surface area contributed by atoms with Crippen LogP contribution in [0.15, 0.2) is 36.4 Å². The second-order valence-electron chi connectivity index (χ2n) is 6.78. The molecule has 2 aliphatic rings. The Bertz CT molecular complexity index is 876. The van der Waals surface area contributed by atoms with Gasteiger partial charge >= 0.3 is 0 Å². The highest BCUT2D eigenvalue weighted by molar-refractivity contribution is 7.18. The average molecular weight is 356 g/mol. The summed E-state index contributed by atoms with van der Waals surface area (Å²) in [5.41, 5.74) is 0.371. The third-order valence-electron chi connectivity index (χ3n) is 5.17. The number of fused-ring (bicyclic) bond motifs is 2. The molecule has 1 aromatic heterocycles. The van der Waals surface area contributed by atoms with Gasteiger partial charge in [-0.25, -0.2) is 0 Å². The lowest BCUT2D eigenvalue weighted by atomic mass is 9.77. The lowest BCUT2D eigenvalue weighted by Crippen LogP contribution is -2.36. The van der Waals surface area contributed by atoms with Gasteiger partial charge in [-0.2, -0.15) is 0 Å². The largest absolute Gasteiger partial charge is 0.300 e. The summed E-state index contributed by atoms with van der Waals surface area (Å²) in [6.07, 6.45) is 6.27. The molecule has 1 heterocycles. The molecule has 1 aromatic carbocycles. The van der Waals surface area contributed by atoms with Crippen LogP contribution in [0.25, 0.3) is 10.6 Å². The first-order chi connectivity index (χ1) is 12.0. The van der Waals surface area contributed by atoms with Gasteiger partial charge in [0.05, 0.1) is 10.3 Å². The molecule has 0 saturated heterocycles. The number of nitro groups is 1. The van der Waals surface area contributed by atoms with Crippen LogP contribution in [0, 0.1) is 27.4 Å². The predicted octanol–water partition coefficient (Wildman–Crippen LogP) is 3.65. The van der Waals surface area contributed by atoms with Gasteiger partial charge in [-0.05, 0) is 36.8 Å². The predicted molar refractivity (Wildman–Crippen MR) is 94.1 cm³/mol. The number of non-ortho nitro benzene ring substituents is 1. The monoisotopic (exact) mass is 356 g/mol. The number of anilines is 1. The van der Waals surface area contributed by atoms with E-state index < -0.39 is 10.3 Å². The minimum Gasteiger partial charge on any atom is -0.300 e. The lowest BCUT2D eigenvalue weighted by molar-refractivity contribution is -0.384. The Balaban J connectivity index is 1.49. The van der Waals surface area contributed by atoms with Crippen molar-refractivity contribution in [3.8, 4) is 10.6 Å². The molecular formula is C17H16N4O3S. The number of benzene rings is 1. The number of rotatable bonds is 4. The number of carbonyl (C=O) groups excluding carboxylic acids is 1. The first-order valence-electron chi connectivity index (χ1n) is 8.04. The molecule has 0 unspecified atom stereocenters. The molecule has 25 heavy (non-hydrogen) atoms. The van der Waals surface area contributed by atoms with Crippen molar-refractivity contribution in [2.45, 2.75) is 19.8 Å². The smallest absolute Gasteiger partial charge is 0.269 e. The molecule has 2 aromatic rings. The molecule has 0 radical (unpaired) electrons. The van der Waals surface area contributed by atoms with E-state index in [1.807, 2.05) is 6.92 Å². The van der Waals surface area contributed by atoms with Crippen LogP contribution in [0.2, 0.25) is 0 Å². The summed E-state index contributed by atoms with van der Waals surface area (Å²) in [5.74, 6) is 0.779. The van der Waals surface area contributed by atoms with Crippen molar-refractivity contribution in [2.24, 2.45) is 17.3 Å². The maximum atomic E-state index is 12.7. The number of hydrogen-bond acceptors (Lipinski definition) is 6. The average Bonchev–Trinajstić information content (AvgIpc) is 3.31. The van der Waals surface area contributed by atoms with E-state index in [4.69, 9.17) is 0 Å². The van der Waals surface area contributed by atoms with E-state index >= 15 is 0 Å². The van der Waals surface area contributed by atoms with Crippen LogP contribution in [-0.2, 0) is 4.79 Å². The second kappa shape index (κ2) is 5.73. The fourth-order valence-electron chi connectivity index (χ4n) is 3.71. The van der Waals surface area contributed by atoms with Crippen LogP contribution in [0.1, 0.15) is 19.8 Å². The van der Waals surface area contributed by atoms with E-state index in [1.54, 1.807) is 12.1 Å². The number of nitrogens with zero attached hydrogens (tertiary/aromatic N) is 3. The number of aromatic nitrogens is 2. The fraction of sp³-hybridized carbons (Fsp3) is 0.353. The lowest BCUT2D eigenvalue weighted by Gasteiger charge is -2.29. The summed E-state index contributed by atoms with van der Waals surface area (Å²) >= 11 is 1.26. The van der Waals surface area contributed by atoms with Gasteiger partial charge in [0, 0.05) is 17.7 Å². The van der Waals surface area contributed by atoms with Crippen LogP contribution in [0.4, 0.5) is 10.8 Å². The molecule has 0 aliphatic heterocycles. The summed E-state index contributed by atoms with van der Waals surface area (Å²) < 4.78 is 0. The molecule has 4 rings (SSSR count). The molecule has 1 fully saturated rings. The topological polar surface area (TPSA) is 98.0 Å². The molecule has 128 valence electrons. The van der Waals surface area contributed by atoms with E-state index in [9.17, 15) is 14.9 Å². The third-order valence-corrected chi connectivity index (χ3v) is 6.05. The molecule has 1 N–H and O–H groups in total. The molecule has 0 spiro atoms. The van der Waals surface area contributed by atoms with Crippen LogP contribution in [0.5, 0.6) is 0 Å². The third kappa shape index (κ3) is 2.72. The van der Waals surface area contributed by atoms with Crippen molar-refractivity contribution in [3.05, 3.63) is 46.5 Å². The molecule has 8 heteroatoms. The summed E-state index contributed by atoms with van der Waals surface area (Å²) in [4.78, 5) is 23.0. The number of carbonyl (C=O) groups is 1. The van der Waals surface area contributed by atoms with Gasteiger partial charge in [-0.1, -0.05) is 30.4 Å². The van der Waals surface area contributed by atoms with E-state index in [0.717, 1.165) is 18.4 Å². The number of allylic oxidation sites excluding steroid dienone is 2. The van der Waals surface area contributed by atoms with Crippen LogP contribution in [0.3, 0.4) is 0 Å². The molecule has 3 atom stereocenters. The molecule has 2 aliphatic carbocycles. The first-order valence-corrected chi connectivity index (χ1v) is 8.85. The maximum absolute atomic E-state index is 12.7. The minimum absolute atomic E-state index is 0.0178. The molecular weight excluding hydrogens is 340 g/mol. The van der Waals surface area contributed by atoms with Gasteiger partial charge in [0.2, 0.25) is 11.0 Å². The molecule has 2 bridgehead atoms. The molecule has 7 nitrogen and oxygen atoms in total. The zero-order valence-electron chi connectivity index (χ0n) is 13.5. The molecule has 1 saturated carbocycles. The number of amides is 1. The summed E-state index contributed by atoms with van der Waals surface area (Å²) in [5, 5.41) is 22.8. The van der Waals surface area contributed by atoms with Gasteiger partial charge in [-0.3, -0.25) is 14.9 Å². The van der Waals surface area contributed by atoms with Crippen LogP contribution >= 0.6 is 11.3 Å². The highest BCUT2D eigenvalue weighted by atomic mass is 32.1. The van der Waals surface area contributed by atoms with Crippen molar-refractivity contribution < 1.29 is 9.72 Å². The van der Waals surface area contributed by atoms with E-state index in [0.29, 0.717) is 22.0 Å². The van der Waals surface area contributed by atoms with Crippen molar-refractivity contribution in [3.63, 3.8) is 0 Å². The van der Waals surface area contributed by atoms with Crippen molar-refractivity contribution in [1.82, 2.24) is 10.2 Å². The Hall–Kier alpha value is -2.61. The van der Waals surface area contributed by atoms with Gasteiger partial charge in [0.15, 0.2) is 0 Å². The maximum Gasteiger partial charge on any atom is 0.269 e. The van der Waals surface area contributed by atoms with Gasteiger partial charge in [0.1, 0.15) is 5.01 Å². The Morgan fingerprint density at radius 3 is 2.68 bits per heavy atom. The summed E-state index contributed by atoms with van der Waals surface area (Å²) in [6, 6.07) is 6.12. The van der Waals surface area contributed by atoms with Crippen LogP contribution < -0.4 is 5.32 Å². The summed E-state index contributed by atoms with van der Waals surface area (Å²) in [6.45, 7) is 2.01. The first kappa shape index (κ1) is 15.9. The van der Waals surface area contributed by atoms with E-state index in [-0.39, 0.29) is 11.6 Å². The van der Waals surface area contributed by atoms with E-state index in [1.165, 1.54) is 23.5 Å². The Morgan fingerprint density at radius 2 is 2.08 bits per heavy atom. The standard InChI is InChI=1S/C17H16N4O3S/c1-17(9-10-2-5-12(17)8-10)15(22)18-16-20-19-14(25-16)11-3-6-13(7-4-11)21(23)24/h2-7,10,12H,8-9H2,1H3,(H,18,20,22)/t10-,12-,17-/m0/s1. The normalized spacial score (nSPS) is 26.8. The fourth-order valence-corrected chi connectivity index (χ4v) is 4.46. The highest BCUT2D eigenvalue weighted by Gasteiger charge is 2.50. The number of nitrogens with one attached hydrogen (secondary N) is 1. The second-order valence-corrected chi connectivity index (χ2v) is 7.76. The number of nitro benzene ring substituents is 1.